The number of hydrogen-bond acceptors (Lipinski definition) is 7. The molecule has 2 aromatic rings. The largest absolute Gasteiger partial charge is 0.573 e. The molecule has 1 aromatic carbocycles. The summed E-state index contributed by atoms with van der Waals surface area (Å²) >= 11 is 0. The minimum Gasteiger partial charge on any atom is -0.445 e. The fraction of sp³-hybridized carbons (Fsp3) is 0.524. The molecule has 13 heteroatoms. The molecule has 0 saturated carbocycles. The van der Waals surface area contributed by atoms with E-state index in [0.717, 1.165) is 5.69 Å². The number of ether oxygens (including phenoxy) is 2. The highest BCUT2D eigenvalue weighted by molar-refractivity contribution is 5.76. The average Bonchev–Trinajstić information content (AvgIpc) is 3.30. The van der Waals surface area contributed by atoms with Gasteiger partial charge in [0, 0.05) is 44.4 Å². The van der Waals surface area contributed by atoms with Crippen LogP contribution in [0.1, 0.15) is 36.9 Å². The van der Waals surface area contributed by atoms with Crippen LogP contribution in [0.2, 0.25) is 0 Å². The zero-order valence-corrected chi connectivity index (χ0v) is 18.7. The lowest BCUT2D eigenvalue weighted by atomic mass is 10.0. The molecule has 0 bridgehead atoms. The second kappa shape index (κ2) is 11.6. The van der Waals surface area contributed by atoms with Gasteiger partial charge in [-0.2, -0.15) is 15.4 Å². The lowest BCUT2D eigenvalue weighted by Crippen LogP contribution is -2.46. The molecule has 0 spiro atoms. The number of aromatic nitrogens is 3. The predicted octanol–water partition coefficient (Wildman–Crippen LogP) is 2.99. The highest BCUT2D eigenvalue weighted by Crippen LogP contribution is 2.27. The number of anilines is 1. The molecule has 2 heterocycles. The van der Waals surface area contributed by atoms with Crippen LogP contribution in [0.5, 0.6) is 5.75 Å². The molecule has 186 valence electrons. The molecule has 0 atom stereocenters. The first-order valence-corrected chi connectivity index (χ1v) is 10.8. The number of halogens is 3. The summed E-state index contributed by atoms with van der Waals surface area (Å²) in [7, 11) is 1.56. The second-order valence-electron chi connectivity index (χ2n) is 7.86. The molecular formula is C21H27F3N6O4. The Morgan fingerprint density at radius 3 is 2.65 bits per heavy atom. The van der Waals surface area contributed by atoms with Crippen molar-refractivity contribution in [1.82, 2.24) is 25.6 Å². The van der Waals surface area contributed by atoms with Gasteiger partial charge in [0.25, 0.3) is 0 Å². The minimum absolute atomic E-state index is 0.0296. The van der Waals surface area contributed by atoms with Gasteiger partial charge in [-0.05, 0) is 43.4 Å². The number of piperidine rings is 1. The maximum Gasteiger partial charge on any atom is 0.573 e. The number of amides is 2. The number of rotatable bonds is 9. The van der Waals surface area contributed by atoms with Crippen LogP contribution in [0.3, 0.4) is 0 Å². The van der Waals surface area contributed by atoms with E-state index in [0.29, 0.717) is 56.4 Å². The molecule has 10 nitrogen and oxygen atoms in total. The Morgan fingerprint density at radius 1 is 1.24 bits per heavy atom. The monoisotopic (exact) mass is 484 g/mol. The third-order valence-corrected chi connectivity index (χ3v) is 5.27. The Kier molecular flexibility index (Phi) is 8.55. The van der Waals surface area contributed by atoms with Crippen LogP contribution in [0.4, 0.5) is 23.7 Å². The van der Waals surface area contributed by atoms with Crippen molar-refractivity contribution >= 4 is 17.7 Å². The SMILES string of the molecule is CNc1cc(COC(=O)N2CCC(NC(=O)CCCc3cn[nH]n3)CC2)cc(OC(F)(F)F)c1. The van der Waals surface area contributed by atoms with Gasteiger partial charge in [0.15, 0.2) is 0 Å². The summed E-state index contributed by atoms with van der Waals surface area (Å²) in [4.78, 5) is 26.0. The van der Waals surface area contributed by atoms with E-state index in [1.54, 1.807) is 19.3 Å². The van der Waals surface area contributed by atoms with Gasteiger partial charge in [0.05, 0.1) is 11.9 Å². The number of hydrogen-bond donors (Lipinski definition) is 3. The maximum atomic E-state index is 12.5. The van der Waals surface area contributed by atoms with Crippen molar-refractivity contribution in [1.29, 1.82) is 0 Å². The normalized spacial score (nSPS) is 14.5. The van der Waals surface area contributed by atoms with Crippen molar-refractivity contribution in [3.8, 4) is 5.75 Å². The van der Waals surface area contributed by atoms with Gasteiger partial charge in [-0.25, -0.2) is 4.79 Å². The van der Waals surface area contributed by atoms with Gasteiger partial charge in [-0.3, -0.25) is 4.79 Å². The van der Waals surface area contributed by atoms with Crippen LogP contribution in [0, 0.1) is 0 Å². The fourth-order valence-electron chi connectivity index (χ4n) is 3.60. The molecule has 1 aromatic heterocycles. The molecule has 0 unspecified atom stereocenters. The van der Waals surface area contributed by atoms with E-state index < -0.39 is 18.2 Å². The van der Waals surface area contributed by atoms with E-state index >= 15 is 0 Å². The Hall–Kier alpha value is -3.51. The first kappa shape index (κ1) is 25.1. The number of H-pyrrole nitrogens is 1. The Morgan fingerprint density at radius 2 is 2.00 bits per heavy atom. The number of aryl methyl sites for hydroxylation is 1. The van der Waals surface area contributed by atoms with E-state index in [2.05, 4.69) is 30.8 Å². The summed E-state index contributed by atoms with van der Waals surface area (Å²) in [6.45, 7) is 0.605. The van der Waals surface area contributed by atoms with Gasteiger partial charge in [-0.1, -0.05) is 0 Å². The van der Waals surface area contributed by atoms with E-state index in [9.17, 15) is 22.8 Å². The summed E-state index contributed by atoms with van der Waals surface area (Å²) in [6.07, 6.45) is -0.891. The Bertz CT molecular complexity index is 946. The number of likely N-dealkylation sites (tertiary alicyclic amines) is 1. The summed E-state index contributed by atoms with van der Waals surface area (Å²) in [6, 6.07) is 3.91. The molecule has 3 rings (SSSR count). The van der Waals surface area contributed by atoms with Crippen molar-refractivity contribution < 1.29 is 32.2 Å². The van der Waals surface area contributed by atoms with Crippen molar-refractivity contribution in [3.63, 3.8) is 0 Å². The summed E-state index contributed by atoms with van der Waals surface area (Å²) < 4.78 is 46.8. The van der Waals surface area contributed by atoms with E-state index in [1.165, 1.54) is 17.0 Å². The number of benzene rings is 1. The van der Waals surface area contributed by atoms with Crippen LogP contribution >= 0.6 is 0 Å². The zero-order valence-electron chi connectivity index (χ0n) is 18.7. The summed E-state index contributed by atoms with van der Waals surface area (Å²) in [5.41, 5.74) is 1.55. The molecule has 3 N–H and O–H groups in total. The molecular weight excluding hydrogens is 457 g/mol. The lowest BCUT2D eigenvalue weighted by Gasteiger charge is -2.31. The van der Waals surface area contributed by atoms with Crippen LogP contribution < -0.4 is 15.4 Å². The maximum absolute atomic E-state index is 12.5. The van der Waals surface area contributed by atoms with E-state index in [4.69, 9.17) is 4.74 Å². The molecule has 0 radical (unpaired) electrons. The molecule has 34 heavy (non-hydrogen) atoms. The van der Waals surface area contributed by atoms with Gasteiger partial charge >= 0.3 is 12.5 Å². The van der Waals surface area contributed by atoms with Crippen molar-refractivity contribution in [2.75, 3.05) is 25.5 Å². The van der Waals surface area contributed by atoms with E-state index in [1.807, 2.05) is 0 Å². The third kappa shape index (κ3) is 8.12. The van der Waals surface area contributed by atoms with E-state index in [-0.39, 0.29) is 18.6 Å². The minimum atomic E-state index is -4.82. The predicted molar refractivity (Wildman–Crippen MR) is 115 cm³/mol. The number of nitrogens with one attached hydrogen (secondary N) is 3. The smallest absolute Gasteiger partial charge is 0.445 e. The average molecular weight is 484 g/mol. The van der Waals surface area contributed by atoms with Gasteiger partial charge in [0.1, 0.15) is 12.4 Å². The molecule has 1 aliphatic heterocycles. The molecule has 1 aliphatic rings. The highest BCUT2D eigenvalue weighted by atomic mass is 19.4. The number of carbonyl (C=O) groups is 2. The quantitative estimate of drug-likeness (QED) is 0.500. The molecule has 0 aliphatic carbocycles. The second-order valence-corrected chi connectivity index (χ2v) is 7.86. The van der Waals surface area contributed by atoms with Gasteiger partial charge in [0.2, 0.25) is 5.91 Å². The van der Waals surface area contributed by atoms with Crippen LogP contribution in [0.15, 0.2) is 24.4 Å². The number of aromatic amines is 1. The molecule has 1 fully saturated rings. The zero-order chi connectivity index (χ0) is 24.6. The van der Waals surface area contributed by atoms with Crippen molar-refractivity contribution in [2.45, 2.75) is 51.1 Å². The molecule has 1 saturated heterocycles. The van der Waals surface area contributed by atoms with Crippen LogP contribution in [-0.4, -0.2) is 64.9 Å². The summed E-state index contributed by atoms with van der Waals surface area (Å²) in [5, 5.41) is 15.9. The standard InChI is InChI=1S/C21H27F3N6O4/c1-25-17-9-14(10-18(11-17)34-21(22,23)24)13-33-20(32)30-7-5-15(6-8-30)27-19(31)4-2-3-16-12-26-29-28-16/h9-12,15,25H,2-8,13H2,1H3,(H,27,31)(H,26,28,29). The van der Waals surface area contributed by atoms with Gasteiger partial charge < -0.3 is 25.0 Å². The number of nitrogens with zero attached hydrogens (tertiary/aromatic N) is 3. The topological polar surface area (TPSA) is 121 Å². The van der Waals surface area contributed by atoms with Crippen LogP contribution in [-0.2, 0) is 22.6 Å². The first-order valence-electron chi connectivity index (χ1n) is 10.8. The third-order valence-electron chi connectivity index (χ3n) is 5.27. The summed E-state index contributed by atoms with van der Waals surface area (Å²) in [5.74, 6) is -0.450. The highest BCUT2D eigenvalue weighted by Gasteiger charge is 2.31. The number of alkyl halides is 3. The number of carbonyl (C=O) groups excluding carboxylic acids is 2. The first-order chi connectivity index (χ1) is 16.2. The molecule has 2 amide bonds. The Balaban J connectivity index is 1.40. The van der Waals surface area contributed by atoms with Gasteiger partial charge in [-0.15, -0.1) is 13.2 Å². The van der Waals surface area contributed by atoms with Crippen molar-refractivity contribution in [2.24, 2.45) is 0 Å². The lowest BCUT2D eigenvalue weighted by molar-refractivity contribution is -0.274. The Labute approximate surface area is 194 Å². The van der Waals surface area contributed by atoms with Crippen molar-refractivity contribution in [3.05, 3.63) is 35.7 Å². The fourth-order valence-corrected chi connectivity index (χ4v) is 3.60. The van der Waals surface area contributed by atoms with Crippen LogP contribution in [0.25, 0.3) is 0 Å².